The molecule has 3 rings (SSSR count). The predicted octanol–water partition coefficient (Wildman–Crippen LogP) is 3.38. The molecule has 1 aromatic carbocycles. The van der Waals surface area contributed by atoms with E-state index in [0.717, 1.165) is 24.0 Å². The van der Waals surface area contributed by atoms with Crippen LogP contribution in [0.5, 0.6) is 0 Å². The van der Waals surface area contributed by atoms with E-state index in [0.29, 0.717) is 11.9 Å². The molecule has 6 heteroatoms. The quantitative estimate of drug-likeness (QED) is 0.675. The molecule has 2 atom stereocenters. The van der Waals surface area contributed by atoms with Crippen LogP contribution in [0.15, 0.2) is 30.6 Å². The Kier molecular flexibility index (Phi) is 4.17. The number of benzene rings is 1. The fourth-order valence-electron chi connectivity index (χ4n) is 3.75. The minimum atomic E-state index is -0.411. The Balaban J connectivity index is 1.97. The van der Waals surface area contributed by atoms with Crippen LogP contribution in [0.25, 0.3) is 10.8 Å². The van der Waals surface area contributed by atoms with Gasteiger partial charge >= 0.3 is 0 Å². The second-order valence-corrected chi connectivity index (χ2v) is 7.56. The van der Waals surface area contributed by atoms with Gasteiger partial charge in [0.05, 0.1) is 16.4 Å². The number of nitro groups is 1. The van der Waals surface area contributed by atoms with Gasteiger partial charge in [-0.25, -0.2) is 0 Å². The molecule has 1 aromatic heterocycles. The van der Waals surface area contributed by atoms with Crippen LogP contribution in [0.4, 0.5) is 11.4 Å². The monoisotopic (exact) mass is 329 g/mol. The van der Waals surface area contributed by atoms with Crippen LogP contribution in [-0.2, 0) is 0 Å². The first kappa shape index (κ1) is 16.6. The minimum Gasteiger partial charge on any atom is -0.391 e. The fraction of sp³-hybridized carbons (Fsp3) is 0.500. The number of aromatic nitrogens is 1. The molecule has 1 aliphatic heterocycles. The molecule has 128 valence electrons. The highest BCUT2D eigenvalue weighted by Crippen LogP contribution is 2.38. The number of hydrogen-bond acceptors (Lipinski definition) is 5. The molecule has 0 amide bonds. The average Bonchev–Trinajstić information content (AvgIpc) is 2.52. The Morgan fingerprint density at radius 3 is 2.67 bits per heavy atom. The van der Waals surface area contributed by atoms with Crippen LogP contribution in [0.3, 0.4) is 0 Å². The van der Waals surface area contributed by atoms with Gasteiger partial charge in [0.15, 0.2) is 0 Å². The van der Waals surface area contributed by atoms with E-state index in [1.807, 2.05) is 0 Å². The number of rotatable bonds is 2. The zero-order valence-corrected chi connectivity index (χ0v) is 14.3. The number of aliphatic hydroxyl groups is 1. The van der Waals surface area contributed by atoms with E-state index in [2.05, 4.69) is 30.7 Å². The summed E-state index contributed by atoms with van der Waals surface area (Å²) in [6.07, 6.45) is 3.67. The van der Waals surface area contributed by atoms with Gasteiger partial charge in [0.1, 0.15) is 0 Å². The van der Waals surface area contributed by atoms with E-state index in [1.54, 1.807) is 18.3 Å². The molecule has 0 spiro atoms. The lowest BCUT2D eigenvalue weighted by Gasteiger charge is -2.43. The lowest BCUT2D eigenvalue weighted by molar-refractivity contribution is -0.383. The summed E-state index contributed by atoms with van der Waals surface area (Å²) in [5.74, 6) is 0.250. The first-order valence-corrected chi connectivity index (χ1v) is 8.23. The molecule has 0 bridgehead atoms. The van der Waals surface area contributed by atoms with E-state index < -0.39 is 6.10 Å². The average molecular weight is 329 g/mol. The summed E-state index contributed by atoms with van der Waals surface area (Å²) in [6, 6.07) is 5.12. The van der Waals surface area contributed by atoms with Gasteiger partial charge < -0.3 is 10.0 Å². The van der Waals surface area contributed by atoms with Gasteiger partial charge in [0.25, 0.3) is 5.69 Å². The third-order valence-corrected chi connectivity index (χ3v) is 5.00. The van der Waals surface area contributed by atoms with Crippen molar-refractivity contribution in [3.63, 3.8) is 0 Å². The van der Waals surface area contributed by atoms with Crippen molar-refractivity contribution in [2.24, 2.45) is 11.3 Å². The summed E-state index contributed by atoms with van der Waals surface area (Å²) < 4.78 is 0. The molecule has 1 N–H and O–H groups in total. The number of nitro benzene ring substituents is 1. The number of hydrogen-bond donors (Lipinski definition) is 1. The lowest BCUT2D eigenvalue weighted by Crippen LogP contribution is -2.48. The van der Waals surface area contributed by atoms with E-state index >= 15 is 0 Å². The molecule has 1 aliphatic rings. The molecule has 1 fully saturated rings. The first-order valence-electron chi connectivity index (χ1n) is 8.23. The highest BCUT2D eigenvalue weighted by atomic mass is 16.6. The van der Waals surface area contributed by atoms with Gasteiger partial charge in [-0.1, -0.05) is 20.8 Å². The van der Waals surface area contributed by atoms with Crippen molar-refractivity contribution in [2.75, 3.05) is 18.0 Å². The van der Waals surface area contributed by atoms with E-state index in [-0.39, 0.29) is 21.9 Å². The summed E-state index contributed by atoms with van der Waals surface area (Å²) in [4.78, 5) is 17.0. The maximum Gasteiger partial charge on any atom is 0.278 e. The van der Waals surface area contributed by atoms with Crippen molar-refractivity contribution in [1.29, 1.82) is 0 Å². The Bertz CT molecular complexity index is 770. The van der Waals surface area contributed by atoms with Crippen LogP contribution in [0.1, 0.15) is 27.2 Å². The maximum atomic E-state index is 11.2. The molecule has 2 aromatic rings. The van der Waals surface area contributed by atoms with Gasteiger partial charge in [-0.2, -0.15) is 0 Å². The van der Waals surface area contributed by atoms with E-state index in [4.69, 9.17) is 0 Å². The zero-order chi connectivity index (χ0) is 17.5. The SMILES string of the molecule is CC(C)(C)[C@H]1CCN(c2ccc([N+](=O)[O-])c3cnccc23)C[C@@H]1O. The van der Waals surface area contributed by atoms with Crippen LogP contribution < -0.4 is 4.90 Å². The number of anilines is 1. The number of β-amino-alcohol motifs (C(OH)–C–C–N with tert-alkyl or cyclic N) is 1. The van der Waals surface area contributed by atoms with Crippen molar-refractivity contribution in [3.05, 3.63) is 40.7 Å². The molecule has 2 heterocycles. The summed E-state index contributed by atoms with van der Waals surface area (Å²) in [5.41, 5.74) is 1.05. The summed E-state index contributed by atoms with van der Waals surface area (Å²) >= 11 is 0. The third kappa shape index (κ3) is 2.94. The number of non-ortho nitro benzene ring substituents is 1. The van der Waals surface area contributed by atoms with E-state index in [9.17, 15) is 15.2 Å². The van der Waals surface area contributed by atoms with Gasteiger partial charge in [0.2, 0.25) is 0 Å². The van der Waals surface area contributed by atoms with Crippen molar-refractivity contribution in [2.45, 2.75) is 33.3 Å². The van der Waals surface area contributed by atoms with Crippen LogP contribution in [0, 0.1) is 21.4 Å². The van der Waals surface area contributed by atoms with E-state index in [1.165, 1.54) is 12.3 Å². The summed E-state index contributed by atoms with van der Waals surface area (Å²) in [5, 5.41) is 23.2. The highest BCUT2D eigenvalue weighted by Gasteiger charge is 2.36. The van der Waals surface area contributed by atoms with Crippen LogP contribution in [0.2, 0.25) is 0 Å². The predicted molar refractivity (Wildman–Crippen MR) is 94.2 cm³/mol. The maximum absolute atomic E-state index is 11.2. The summed E-state index contributed by atoms with van der Waals surface area (Å²) in [7, 11) is 0. The van der Waals surface area contributed by atoms with Crippen molar-refractivity contribution >= 4 is 22.1 Å². The lowest BCUT2D eigenvalue weighted by atomic mass is 9.73. The number of nitrogens with zero attached hydrogens (tertiary/aromatic N) is 3. The molecule has 6 nitrogen and oxygen atoms in total. The van der Waals surface area contributed by atoms with Gasteiger partial charge in [0, 0.05) is 42.6 Å². The zero-order valence-electron chi connectivity index (χ0n) is 14.3. The molecule has 0 saturated carbocycles. The Labute approximate surface area is 141 Å². The van der Waals surface area contributed by atoms with Crippen molar-refractivity contribution in [3.8, 4) is 0 Å². The number of piperidine rings is 1. The smallest absolute Gasteiger partial charge is 0.278 e. The van der Waals surface area contributed by atoms with Gasteiger partial charge in [-0.15, -0.1) is 0 Å². The van der Waals surface area contributed by atoms with Crippen LogP contribution >= 0.6 is 0 Å². The number of aliphatic hydroxyl groups excluding tert-OH is 1. The van der Waals surface area contributed by atoms with Gasteiger partial charge in [-0.3, -0.25) is 15.1 Å². The van der Waals surface area contributed by atoms with Gasteiger partial charge in [-0.05, 0) is 29.9 Å². The Morgan fingerprint density at radius 1 is 1.29 bits per heavy atom. The molecule has 24 heavy (non-hydrogen) atoms. The highest BCUT2D eigenvalue weighted by molar-refractivity contribution is 5.99. The minimum absolute atomic E-state index is 0.0620. The molecule has 1 saturated heterocycles. The standard InChI is InChI=1S/C18H23N3O3/c1-18(2,3)14-7-9-20(11-17(14)22)15-4-5-16(21(23)24)13-10-19-8-6-12(13)15/h4-6,8,10,14,17,22H,7,9,11H2,1-3H3/t14-,17-/m0/s1. The number of fused-ring (bicyclic) bond motifs is 1. The largest absolute Gasteiger partial charge is 0.391 e. The Hall–Kier alpha value is -2.21. The molecule has 0 aliphatic carbocycles. The normalized spacial score (nSPS) is 21.9. The van der Waals surface area contributed by atoms with Crippen LogP contribution in [-0.4, -0.2) is 34.2 Å². The Morgan fingerprint density at radius 2 is 2.04 bits per heavy atom. The topological polar surface area (TPSA) is 79.5 Å². The second-order valence-electron chi connectivity index (χ2n) is 7.56. The fourth-order valence-corrected chi connectivity index (χ4v) is 3.75. The first-order chi connectivity index (χ1) is 11.3. The molecular weight excluding hydrogens is 306 g/mol. The molecule has 0 unspecified atom stereocenters. The number of pyridine rings is 1. The molecule has 0 radical (unpaired) electrons. The molecular formula is C18H23N3O3. The third-order valence-electron chi connectivity index (χ3n) is 5.00. The van der Waals surface area contributed by atoms with Crippen molar-refractivity contribution < 1.29 is 10.0 Å². The summed E-state index contributed by atoms with van der Waals surface area (Å²) in [6.45, 7) is 7.84. The second kappa shape index (κ2) is 6.02. The van der Waals surface area contributed by atoms with Crippen molar-refractivity contribution in [1.82, 2.24) is 4.98 Å².